The Morgan fingerprint density at radius 1 is 0.696 bits per heavy atom. The van der Waals surface area contributed by atoms with Crippen molar-refractivity contribution in [1.82, 2.24) is 4.98 Å². The number of rotatable bonds is 3. The summed E-state index contributed by atoms with van der Waals surface area (Å²) in [5.74, 6) is -4.47. The summed E-state index contributed by atoms with van der Waals surface area (Å²) >= 11 is 4.22. The third-order valence-corrected chi connectivity index (χ3v) is 7.77. The molecule has 0 amide bonds. The van der Waals surface area contributed by atoms with Crippen LogP contribution < -0.4 is 5.41 Å². The van der Waals surface area contributed by atoms with E-state index in [1.807, 2.05) is 30.3 Å². The summed E-state index contributed by atoms with van der Waals surface area (Å²) in [6, 6.07) is 24.8. The fourth-order valence-electron chi connectivity index (χ4n) is 5.50. The molecule has 0 unspecified atom stereocenters. The first kappa shape index (κ1) is 29.5. The number of hydrogen-bond acceptors (Lipinski definition) is 7. The molecule has 1 aliphatic rings. The molecule has 6 rings (SSSR count). The number of halogens is 3. The minimum atomic E-state index is -1.58. The fourth-order valence-corrected chi connectivity index (χ4v) is 5.71. The zero-order chi connectivity index (χ0) is 32.7. The number of nitriles is 4. The smallest absolute Gasteiger partial charge is 0.231 e. The van der Waals surface area contributed by atoms with Gasteiger partial charge < -0.3 is 0 Å². The van der Waals surface area contributed by atoms with Crippen molar-refractivity contribution in [1.29, 1.82) is 21.0 Å². The Hall–Kier alpha value is -6.53. The van der Waals surface area contributed by atoms with E-state index in [2.05, 4.69) is 17.2 Å². The lowest BCUT2D eigenvalue weighted by Crippen LogP contribution is -2.47. The number of aromatic nitrogens is 1. The number of nitrogens with two attached hydrogens (primary N) is 1. The van der Waals surface area contributed by atoms with E-state index in [0.29, 0.717) is 38.9 Å². The SMILES string of the molecule is N#Cc1cc(C#N)cc(C2=Cc3c(-c4ccccc4)nc4cc(-c5c(F)c(C#N)c(F)c(C#N)c5F)ccc4c3C(=NS)C2=[NH2+])c1. The molecule has 1 aromatic heterocycles. The second kappa shape index (κ2) is 11.5. The van der Waals surface area contributed by atoms with Crippen LogP contribution in [-0.4, -0.2) is 16.4 Å². The van der Waals surface area contributed by atoms with Gasteiger partial charge in [0.2, 0.25) is 5.71 Å². The molecule has 2 N–H and O–H groups in total. The summed E-state index contributed by atoms with van der Waals surface area (Å²) in [5, 5.41) is 45.0. The van der Waals surface area contributed by atoms with Gasteiger partial charge in [-0.2, -0.15) is 21.0 Å². The quantitative estimate of drug-likeness (QED) is 0.242. The molecule has 0 radical (unpaired) electrons. The minimum Gasteiger partial charge on any atom is -0.252 e. The van der Waals surface area contributed by atoms with Crippen LogP contribution >= 0.6 is 12.8 Å². The van der Waals surface area contributed by atoms with E-state index >= 15 is 8.78 Å². The zero-order valence-corrected chi connectivity index (χ0v) is 24.2. The zero-order valence-electron chi connectivity index (χ0n) is 23.3. The number of benzene rings is 4. The Balaban J connectivity index is 1.70. The first-order chi connectivity index (χ1) is 22.3. The summed E-state index contributed by atoms with van der Waals surface area (Å²) < 4.78 is 49.4. The van der Waals surface area contributed by atoms with Crippen molar-refractivity contribution in [2.75, 3.05) is 0 Å². The maximum absolute atomic E-state index is 15.4. The van der Waals surface area contributed by atoms with Gasteiger partial charge in [-0.1, -0.05) is 42.5 Å². The monoisotopic (exact) mass is 622 g/mol. The van der Waals surface area contributed by atoms with E-state index in [9.17, 15) is 25.4 Å². The molecule has 216 valence electrons. The van der Waals surface area contributed by atoms with Gasteiger partial charge in [0.1, 0.15) is 23.3 Å². The second-order valence-corrected chi connectivity index (χ2v) is 10.3. The predicted octanol–water partition coefficient (Wildman–Crippen LogP) is 5.86. The van der Waals surface area contributed by atoms with Crippen LogP contribution in [0.1, 0.15) is 38.9 Å². The van der Waals surface area contributed by atoms with Crippen LogP contribution in [0.15, 0.2) is 71.1 Å². The van der Waals surface area contributed by atoms with Crippen LogP contribution in [-0.2, 0) is 0 Å². The number of nitrogens with zero attached hydrogens (tertiary/aromatic N) is 6. The third-order valence-electron chi connectivity index (χ3n) is 7.57. The highest BCUT2D eigenvalue weighted by atomic mass is 32.1. The molecule has 0 bridgehead atoms. The van der Waals surface area contributed by atoms with Crippen LogP contribution in [0, 0.1) is 62.8 Å². The first-order valence-corrected chi connectivity index (χ1v) is 13.7. The Morgan fingerprint density at radius 2 is 1.33 bits per heavy atom. The molecule has 0 atom stereocenters. The Morgan fingerprint density at radius 3 is 1.89 bits per heavy atom. The molecular formula is C35H15F3N7S+. The van der Waals surface area contributed by atoms with Crippen molar-refractivity contribution < 1.29 is 18.6 Å². The van der Waals surface area contributed by atoms with Crippen LogP contribution in [0.2, 0.25) is 0 Å². The van der Waals surface area contributed by atoms with Gasteiger partial charge in [0.15, 0.2) is 23.2 Å². The van der Waals surface area contributed by atoms with E-state index in [1.165, 1.54) is 36.4 Å². The van der Waals surface area contributed by atoms with E-state index in [1.54, 1.807) is 30.3 Å². The highest BCUT2D eigenvalue weighted by molar-refractivity contribution is 7.79. The van der Waals surface area contributed by atoms with Crippen LogP contribution in [0.4, 0.5) is 13.2 Å². The van der Waals surface area contributed by atoms with Crippen LogP contribution in [0.5, 0.6) is 0 Å². The number of hydrogen-bond donors (Lipinski definition) is 2. The second-order valence-electron chi connectivity index (χ2n) is 10.1. The summed E-state index contributed by atoms with van der Waals surface area (Å²) in [5.41, 5.74) is 1.31. The lowest BCUT2D eigenvalue weighted by atomic mass is 9.81. The van der Waals surface area contributed by atoms with Gasteiger partial charge in [0, 0.05) is 22.1 Å². The van der Waals surface area contributed by atoms with Gasteiger partial charge in [-0.05, 0) is 54.3 Å². The number of thiol groups is 1. The Bertz CT molecular complexity index is 2350. The van der Waals surface area contributed by atoms with E-state index < -0.39 is 34.1 Å². The number of allylic oxidation sites excluding steroid dienone is 1. The molecule has 1 aliphatic carbocycles. The summed E-state index contributed by atoms with van der Waals surface area (Å²) in [6.45, 7) is 0. The lowest BCUT2D eigenvalue weighted by molar-refractivity contribution is -0.108. The average molecular weight is 623 g/mol. The van der Waals surface area contributed by atoms with Gasteiger partial charge in [-0.3, -0.25) is 5.41 Å². The molecule has 5 aromatic rings. The van der Waals surface area contributed by atoms with Crippen molar-refractivity contribution in [2.24, 2.45) is 4.40 Å². The van der Waals surface area contributed by atoms with Crippen molar-refractivity contribution in [3.8, 4) is 46.7 Å². The maximum Gasteiger partial charge on any atom is 0.231 e. The van der Waals surface area contributed by atoms with Crippen molar-refractivity contribution >= 4 is 46.8 Å². The molecule has 4 aromatic carbocycles. The average Bonchev–Trinajstić information content (AvgIpc) is 3.08. The first-order valence-electron chi connectivity index (χ1n) is 13.3. The summed E-state index contributed by atoms with van der Waals surface area (Å²) in [4.78, 5) is 4.87. The largest absolute Gasteiger partial charge is 0.252 e. The van der Waals surface area contributed by atoms with Gasteiger partial charge in [0.05, 0.1) is 45.6 Å². The molecule has 7 nitrogen and oxygen atoms in total. The van der Waals surface area contributed by atoms with Crippen LogP contribution in [0.3, 0.4) is 0 Å². The predicted molar refractivity (Wildman–Crippen MR) is 168 cm³/mol. The summed E-state index contributed by atoms with van der Waals surface area (Å²) in [7, 11) is 0. The van der Waals surface area contributed by atoms with E-state index in [-0.39, 0.29) is 33.6 Å². The van der Waals surface area contributed by atoms with E-state index in [4.69, 9.17) is 10.4 Å². The van der Waals surface area contributed by atoms with Gasteiger partial charge in [-0.15, -0.1) is 0 Å². The molecule has 0 fully saturated rings. The van der Waals surface area contributed by atoms with Gasteiger partial charge in [0.25, 0.3) is 0 Å². The molecule has 11 heteroatoms. The van der Waals surface area contributed by atoms with Gasteiger partial charge in [-0.25, -0.2) is 22.6 Å². The normalized spacial score (nSPS) is 12.9. The Kier molecular flexibility index (Phi) is 7.40. The summed E-state index contributed by atoms with van der Waals surface area (Å²) in [6.07, 6.45) is 1.77. The molecule has 0 saturated carbocycles. The maximum atomic E-state index is 15.4. The highest BCUT2D eigenvalue weighted by Gasteiger charge is 2.33. The van der Waals surface area contributed by atoms with Crippen molar-refractivity contribution in [2.45, 2.75) is 0 Å². The standard InChI is InChI=1S/C35H14F3N7S/c36-30-25(15-41)31(37)28(32(38)26(30)16-42)20-6-7-22-27(11-20)44-34(19-4-2-1-3-5-19)24-12-23(33(43)35(45-46)29(22)24)21-9-17(13-39)8-18(10-21)14-40/h1-12,43,46H/p+1. The van der Waals surface area contributed by atoms with Crippen molar-refractivity contribution in [3.63, 3.8) is 0 Å². The number of fused-ring (bicyclic) bond motifs is 3. The fraction of sp³-hybridized carbons (Fsp3) is 0. The molecule has 1 heterocycles. The topological polar surface area (TPSA) is 146 Å². The molecular weight excluding hydrogens is 607 g/mol. The Labute approximate surface area is 265 Å². The minimum absolute atomic E-state index is 0.0901. The molecule has 0 aliphatic heterocycles. The van der Waals surface area contributed by atoms with Gasteiger partial charge >= 0.3 is 0 Å². The van der Waals surface area contributed by atoms with Crippen LogP contribution in [0.25, 0.3) is 44.9 Å². The lowest BCUT2D eigenvalue weighted by Gasteiger charge is -2.22. The number of pyridine rings is 1. The molecule has 0 spiro atoms. The molecule has 46 heavy (non-hydrogen) atoms. The molecule has 0 saturated heterocycles. The van der Waals surface area contributed by atoms with Crippen molar-refractivity contribution in [3.05, 3.63) is 123 Å². The third kappa shape index (κ3) is 4.57. The highest BCUT2D eigenvalue weighted by Crippen LogP contribution is 2.40. The van der Waals surface area contributed by atoms with E-state index in [0.717, 1.165) is 0 Å².